The van der Waals surface area contributed by atoms with Crippen LogP contribution in [0.2, 0.25) is 5.02 Å². The fourth-order valence-electron chi connectivity index (χ4n) is 2.04. The number of methoxy groups -OCH3 is 1. The van der Waals surface area contributed by atoms with E-state index in [0.717, 1.165) is 0 Å². The number of hydrogen-bond donors (Lipinski definition) is 2. The predicted molar refractivity (Wildman–Crippen MR) is 73.0 cm³/mol. The predicted octanol–water partition coefficient (Wildman–Crippen LogP) is 0.378. The van der Waals surface area contributed by atoms with Crippen LogP contribution < -0.4 is 9.47 Å². The molecule has 0 bridgehead atoms. The molecule has 112 valence electrons. The Morgan fingerprint density at radius 2 is 2.10 bits per heavy atom. The Morgan fingerprint density at radius 3 is 2.60 bits per heavy atom. The van der Waals surface area contributed by atoms with Gasteiger partial charge in [0.2, 0.25) is 0 Å². The van der Waals surface area contributed by atoms with Gasteiger partial charge in [-0.3, -0.25) is 0 Å². The first-order chi connectivity index (χ1) is 9.36. The van der Waals surface area contributed by atoms with Gasteiger partial charge in [-0.15, -0.1) is 0 Å². The van der Waals surface area contributed by atoms with Crippen molar-refractivity contribution in [2.45, 2.75) is 18.8 Å². The highest BCUT2D eigenvalue weighted by Crippen LogP contribution is 2.38. The van der Waals surface area contributed by atoms with Crippen molar-refractivity contribution in [1.29, 1.82) is 0 Å². The van der Waals surface area contributed by atoms with Crippen LogP contribution in [0.5, 0.6) is 11.5 Å². The molecule has 0 amide bonds. The first kappa shape index (κ1) is 15.4. The average Bonchev–Trinajstić information content (AvgIpc) is 2.64. The average molecular weight is 323 g/mol. The zero-order chi connectivity index (χ0) is 14.9. The zero-order valence-corrected chi connectivity index (χ0v) is 12.3. The number of hydrogen-bond acceptors (Lipinski definition) is 6. The second-order valence-electron chi connectivity index (χ2n) is 4.57. The van der Waals surface area contributed by atoms with E-state index in [2.05, 4.69) is 0 Å². The smallest absolute Gasteiger partial charge is 0.180 e. The van der Waals surface area contributed by atoms with E-state index in [0.29, 0.717) is 5.56 Å². The number of sulfone groups is 1. The summed E-state index contributed by atoms with van der Waals surface area (Å²) in [6, 6.07) is 3.03. The molecule has 6 nitrogen and oxygen atoms in total. The van der Waals surface area contributed by atoms with E-state index in [1.165, 1.54) is 19.2 Å². The molecular weight excluding hydrogens is 308 g/mol. The Morgan fingerprint density at radius 1 is 1.40 bits per heavy atom. The monoisotopic (exact) mass is 322 g/mol. The third-order valence-electron chi connectivity index (χ3n) is 3.01. The molecule has 2 unspecified atom stereocenters. The first-order valence-corrected chi connectivity index (χ1v) is 8.08. The lowest BCUT2D eigenvalue weighted by molar-refractivity contribution is 0.0718. The minimum Gasteiger partial charge on any atom is -0.493 e. The highest BCUT2D eigenvalue weighted by atomic mass is 35.5. The minimum absolute atomic E-state index is 0.160. The molecule has 1 aromatic carbocycles. The Hall–Kier alpha value is -1.02. The van der Waals surface area contributed by atoms with Gasteiger partial charge < -0.3 is 19.7 Å². The van der Waals surface area contributed by atoms with Crippen molar-refractivity contribution in [3.05, 3.63) is 22.7 Å². The molecule has 0 spiro atoms. The number of ether oxygens (including phenoxy) is 2. The van der Waals surface area contributed by atoms with Crippen LogP contribution in [0.1, 0.15) is 5.56 Å². The summed E-state index contributed by atoms with van der Waals surface area (Å²) in [6.07, 6.45) is -1.98. The summed E-state index contributed by atoms with van der Waals surface area (Å²) in [7, 11) is -1.90. The van der Waals surface area contributed by atoms with Crippen LogP contribution in [0.3, 0.4) is 0 Å². The van der Waals surface area contributed by atoms with Crippen LogP contribution >= 0.6 is 11.6 Å². The van der Waals surface area contributed by atoms with Gasteiger partial charge in [0.05, 0.1) is 30.2 Å². The maximum absolute atomic E-state index is 11.4. The quantitative estimate of drug-likeness (QED) is 0.832. The molecule has 1 fully saturated rings. The van der Waals surface area contributed by atoms with Gasteiger partial charge in [0.1, 0.15) is 12.2 Å². The van der Waals surface area contributed by atoms with Crippen LogP contribution in [0, 0.1) is 0 Å². The molecule has 0 saturated carbocycles. The van der Waals surface area contributed by atoms with Gasteiger partial charge in [-0.1, -0.05) is 11.6 Å². The molecule has 1 aromatic rings. The number of aliphatic hydroxyl groups is 2. The van der Waals surface area contributed by atoms with E-state index < -0.39 is 22.0 Å². The summed E-state index contributed by atoms with van der Waals surface area (Å²) in [5, 5.41) is 19.0. The van der Waals surface area contributed by atoms with Crippen LogP contribution in [-0.4, -0.2) is 49.5 Å². The number of rotatable bonds is 4. The van der Waals surface area contributed by atoms with Crippen molar-refractivity contribution < 1.29 is 28.1 Å². The molecule has 0 aliphatic carbocycles. The molecule has 2 atom stereocenters. The molecule has 1 heterocycles. The fourth-order valence-corrected chi connectivity index (χ4v) is 3.98. The maximum Gasteiger partial charge on any atom is 0.180 e. The SMILES string of the molecule is COc1cc(CO)cc(Cl)c1OC1CS(=O)(=O)CC1O. The van der Waals surface area contributed by atoms with E-state index in [9.17, 15) is 13.5 Å². The molecule has 0 radical (unpaired) electrons. The van der Waals surface area contributed by atoms with Crippen LogP contribution in [0.15, 0.2) is 12.1 Å². The molecule has 20 heavy (non-hydrogen) atoms. The standard InChI is InChI=1S/C12H15ClO6S/c1-18-10-3-7(4-14)2-8(13)12(10)19-11-6-20(16,17)5-9(11)15/h2-3,9,11,14-15H,4-6H2,1H3. The number of benzene rings is 1. The van der Waals surface area contributed by atoms with Gasteiger partial charge in [-0.05, 0) is 17.7 Å². The molecule has 0 aromatic heterocycles. The highest BCUT2D eigenvalue weighted by Gasteiger charge is 2.39. The molecule has 2 N–H and O–H groups in total. The molecular formula is C12H15ClO6S. The van der Waals surface area contributed by atoms with Crippen molar-refractivity contribution in [3.8, 4) is 11.5 Å². The van der Waals surface area contributed by atoms with E-state index in [1.807, 2.05) is 0 Å². The summed E-state index contributed by atoms with van der Waals surface area (Å²) < 4.78 is 33.5. The summed E-state index contributed by atoms with van der Waals surface area (Å²) in [5.74, 6) is -0.160. The largest absolute Gasteiger partial charge is 0.493 e. The Bertz CT molecular complexity index is 600. The second kappa shape index (κ2) is 5.77. The minimum atomic E-state index is -3.31. The van der Waals surface area contributed by atoms with E-state index in [-0.39, 0.29) is 34.6 Å². The third kappa shape index (κ3) is 3.17. The van der Waals surface area contributed by atoms with Crippen molar-refractivity contribution in [1.82, 2.24) is 0 Å². The normalized spacial score (nSPS) is 24.6. The highest BCUT2D eigenvalue weighted by molar-refractivity contribution is 7.91. The summed E-state index contributed by atoms with van der Waals surface area (Å²) in [5.41, 5.74) is 0.541. The summed E-state index contributed by atoms with van der Waals surface area (Å²) in [4.78, 5) is 0. The van der Waals surface area contributed by atoms with Crippen molar-refractivity contribution in [2.75, 3.05) is 18.6 Å². The van der Waals surface area contributed by atoms with Gasteiger partial charge in [0, 0.05) is 0 Å². The van der Waals surface area contributed by atoms with Crippen LogP contribution in [-0.2, 0) is 16.4 Å². The lowest BCUT2D eigenvalue weighted by Gasteiger charge is -2.19. The lowest BCUT2D eigenvalue weighted by atomic mass is 10.2. The molecule has 8 heteroatoms. The van der Waals surface area contributed by atoms with Crippen molar-refractivity contribution in [3.63, 3.8) is 0 Å². The van der Waals surface area contributed by atoms with Crippen molar-refractivity contribution in [2.24, 2.45) is 0 Å². The Kier molecular flexibility index (Phi) is 4.43. The zero-order valence-electron chi connectivity index (χ0n) is 10.7. The van der Waals surface area contributed by atoms with Crippen molar-refractivity contribution >= 4 is 21.4 Å². The van der Waals surface area contributed by atoms with E-state index >= 15 is 0 Å². The van der Waals surface area contributed by atoms with E-state index in [1.54, 1.807) is 0 Å². The Labute approximate surface area is 121 Å². The van der Waals surface area contributed by atoms with E-state index in [4.69, 9.17) is 26.2 Å². The summed E-state index contributed by atoms with van der Waals surface area (Å²) >= 11 is 6.04. The molecule has 1 aliphatic rings. The van der Waals surface area contributed by atoms with Gasteiger partial charge in [0.25, 0.3) is 0 Å². The van der Waals surface area contributed by atoms with Crippen LogP contribution in [0.25, 0.3) is 0 Å². The Balaban J connectivity index is 2.30. The van der Waals surface area contributed by atoms with Gasteiger partial charge in [-0.25, -0.2) is 8.42 Å². The molecule has 1 saturated heterocycles. The topological polar surface area (TPSA) is 93.1 Å². The second-order valence-corrected chi connectivity index (χ2v) is 7.13. The number of halogens is 1. The first-order valence-electron chi connectivity index (χ1n) is 5.88. The molecule has 1 aliphatic heterocycles. The fraction of sp³-hybridized carbons (Fsp3) is 0.500. The third-order valence-corrected chi connectivity index (χ3v) is 4.98. The van der Waals surface area contributed by atoms with Gasteiger partial charge in [-0.2, -0.15) is 0 Å². The maximum atomic E-state index is 11.4. The number of aliphatic hydroxyl groups excluding tert-OH is 2. The van der Waals surface area contributed by atoms with Gasteiger partial charge in [0.15, 0.2) is 21.3 Å². The lowest BCUT2D eigenvalue weighted by Crippen LogP contribution is -2.30. The summed E-state index contributed by atoms with van der Waals surface area (Å²) in [6.45, 7) is -0.212. The molecule has 2 rings (SSSR count). The van der Waals surface area contributed by atoms with Crippen LogP contribution in [0.4, 0.5) is 0 Å². The van der Waals surface area contributed by atoms with Gasteiger partial charge >= 0.3 is 0 Å².